The van der Waals surface area contributed by atoms with Crippen LogP contribution in [0.5, 0.6) is 0 Å². The highest BCUT2D eigenvalue weighted by molar-refractivity contribution is 5.94. The van der Waals surface area contributed by atoms with E-state index in [1.165, 1.54) is 12.8 Å². The summed E-state index contributed by atoms with van der Waals surface area (Å²) in [4.78, 5) is 11.8. The number of benzene rings is 1. The molecule has 0 heterocycles. The molecule has 1 unspecified atom stereocenters. The van der Waals surface area contributed by atoms with E-state index in [-0.39, 0.29) is 5.91 Å². The largest absolute Gasteiger partial charge is 0.349 e. The van der Waals surface area contributed by atoms with Gasteiger partial charge in [0.15, 0.2) is 0 Å². The molecule has 2 rings (SSSR count). The summed E-state index contributed by atoms with van der Waals surface area (Å²) in [5, 5.41) is 3.05. The molecule has 1 amide bonds. The Morgan fingerprint density at radius 1 is 1.47 bits per heavy atom. The quantitative estimate of drug-likeness (QED) is 0.803. The van der Waals surface area contributed by atoms with Crippen molar-refractivity contribution in [1.29, 1.82) is 0 Å². The van der Waals surface area contributed by atoms with Gasteiger partial charge in [-0.3, -0.25) is 4.79 Å². The van der Waals surface area contributed by atoms with Crippen LogP contribution in [0.1, 0.15) is 35.7 Å². The van der Waals surface area contributed by atoms with Crippen molar-refractivity contribution in [2.24, 2.45) is 5.92 Å². The Bertz CT molecular complexity index is 369. The SMILES string of the molecule is Cc1cccc(C(=O)NC(C)C2CC2)c1. The van der Waals surface area contributed by atoms with Crippen LogP contribution in [0, 0.1) is 12.8 Å². The van der Waals surface area contributed by atoms with E-state index in [2.05, 4.69) is 12.2 Å². The van der Waals surface area contributed by atoms with Crippen LogP contribution in [0.25, 0.3) is 0 Å². The van der Waals surface area contributed by atoms with Crippen molar-refractivity contribution in [3.63, 3.8) is 0 Å². The van der Waals surface area contributed by atoms with E-state index < -0.39 is 0 Å². The summed E-state index contributed by atoms with van der Waals surface area (Å²) in [5.41, 5.74) is 1.89. The van der Waals surface area contributed by atoms with Crippen LogP contribution in [0.2, 0.25) is 0 Å². The third-order valence-corrected chi connectivity index (χ3v) is 2.97. The zero-order valence-electron chi connectivity index (χ0n) is 9.29. The summed E-state index contributed by atoms with van der Waals surface area (Å²) >= 11 is 0. The summed E-state index contributed by atoms with van der Waals surface area (Å²) in [6.45, 7) is 4.09. The van der Waals surface area contributed by atoms with E-state index in [4.69, 9.17) is 0 Å². The third-order valence-electron chi connectivity index (χ3n) is 2.97. The summed E-state index contributed by atoms with van der Waals surface area (Å²) < 4.78 is 0. The van der Waals surface area contributed by atoms with Gasteiger partial charge in [-0.1, -0.05) is 17.7 Å². The Morgan fingerprint density at radius 2 is 2.20 bits per heavy atom. The van der Waals surface area contributed by atoms with Crippen LogP contribution in [0.4, 0.5) is 0 Å². The van der Waals surface area contributed by atoms with Crippen molar-refractivity contribution < 1.29 is 4.79 Å². The Kier molecular flexibility index (Phi) is 2.76. The van der Waals surface area contributed by atoms with Gasteiger partial charge in [-0.2, -0.15) is 0 Å². The van der Waals surface area contributed by atoms with Crippen LogP contribution in [-0.2, 0) is 0 Å². The number of aryl methyl sites for hydroxylation is 1. The summed E-state index contributed by atoms with van der Waals surface area (Å²) in [6.07, 6.45) is 2.52. The summed E-state index contributed by atoms with van der Waals surface area (Å²) in [7, 11) is 0. The van der Waals surface area contributed by atoms with E-state index >= 15 is 0 Å². The Labute approximate surface area is 90.7 Å². The van der Waals surface area contributed by atoms with Crippen LogP contribution in [0.3, 0.4) is 0 Å². The highest BCUT2D eigenvalue weighted by Gasteiger charge is 2.28. The second-order valence-corrected chi connectivity index (χ2v) is 4.47. The first-order valence-electron chi connectivity index (χ1n) is 5.54. The van der Waals surface area contributed by atoms with Gasteiger partial charge in [0.05, 0.1) is 0 Å². The van der Waals surface area contributed by atoms with E-state index in [1.54, 1.807) is 0 Å². The Morgan fingerprint density at radius 3 is 2.80 bits per heavy atom. The molecule has 2 nitrogen and oxygen atoms in total. The number of carbonyl (C=O) groups excluding carboxylic acids is 1. The molecule has 80 valence electrons. The van der Waals surface area contributed by atoms with Gasteiger partial charge in [0.1, 0.15) is 0 Å². The molecule has 1 aromatic rings. The molecule has 1 saturated carbocycles. The fraction of sp³-hybridized carbons (Fsp3) is 0.462. The van der Waals surface area contributed by atoms with Crippen LogP contribution >= 0.6 is 0 Å². The second kappa shape index (κ2) is 4.05. The van der Waals surface area contributed by atoms with Crippen molar-refractivity contribution in [1.82, 2.24) is 5.32 Å². The first kappa shape index (κ1) is 10.2. The lowest BCUT2D eigenvalue weighted by molar-refractivity contribution is 0.0936. The predicted molar refractivity (Wildman–Crippen MR) is 60.8 cm³/mol. The highest BCUT2D eigenvalue weighted by Crippen LogP contribution is 2.32. The zero-order valence-corrected chi connectivity index (χ0v) is 9.29. The lowest BCUT2D eigenvalue weighted by Crippen LogP contribution is -2.33. The number of rotatable bonds is 3. The maximum absolute atomic E-state index is 11.8. The van der Waals surface area contributed by atoms with Gasteiger partial charge in [0, 0.05) is 11.6 Å². The summed E-state index contributed by atoms with van der Waals surface area (Å²) in [5.74, 6) is 0.761. The highest BCUT2D eigenvalue weighted by atomic mass is 16.1. The molecule has 1 aliphatic rings. The number of hydrogen-bond acceptors (Lipinski definition) is 1. The minimum Gasteiger partial charge on any atom is -0.349 e. The molecule has 0 bridgehead atoms. The lowest BCUT2D eigenvalue weighted by Gasteiger charge is -2.12. The number of hydrogen-bond donors (Lipinski definition) is 1. The van der Waals surface area contributed by atoms with Gasteiger partial charge < -0.3 is 5.32 Å². The van der Waals surface area contributed by atoms with Crippen LogP contribution in [-0.4, -0.2) is 11.9 Å². The number of nitrogens with one attached hydrogen (secondary N) is 1. The zero-order chi connectivity index (χ0) is 10.8. The van der Waals surface area contributed by atoms with Crippen LogP contribution in [0.15, 0.2) is 24.3 Å². The molecule has 1 fully saturated rings. The van der Waals surface area contributed by atoms with Crippen molar-refractivity contribution in [2.75, 3.05) is 0 Å². The molecule has 1 atom stereocenters. The maximum Gasteiger partial charge on any atom is 0.251 e. The fourth-order valence-corrected chi connectivity index (χ4v) is 1.79. The molecule has 0 aromatic heterocycles. The lowest BCUT2D eigenvalue weighted by atomic mass is 10.1. The average molecular weight is 203 g/mol. The number of carbonyl (C=O) groups is 1. The van der Waals surface area contributed by atoms with Gasteiger partial charge in [-0.05, 0) is 44.7 Å². The van der Waals surface area contributed by atoms with Crippen LogP contribution < -0.4 is 5.32 Å². The molecule has 1 aliphatic carbocycles. The monoisotopic (exact) mass is 203 g/mol. The topological polar surface area (TPSA) is 29.1 Å². The minimum atomic E-state index is 0.0538. The van der Waals surface area contributed by atoms with Crippen molar-refractivity contribution in [3.8, 4) is 0 Å². The van der Waals surface area contributed by atoms with Gasteiger partial charge in [-0.25, -0.2) is 0 Å². The Balaban J connectivity index is 2.00. The molecule has 1 N–H and O–H groups in total. The maximum atomic E-state index is 11.8. The molecule has 0 aliphatic heterocycles. The molecule has 0 saturated heterocycles. The van der Waals surface area contributed by atoms with Gasteiger partial charge in [0.25, 0.3) is 5.91 Å². The van der Waals surface area contributed by atoms with E-state index in [1.807, 2.05) is 31.2 Å². The first-order chi connectivity index (χ1) is 7.16. The van der Waals surface area contributed by atoms with Crippen molar-refractivity contribution in [3.05, 3.63) is 35.4 Å². The fourth-order valence-electron chi connectivity index (χ4n) is 1.79. The van der Waals surface area contributed by atoms with Crippen molar-refractivity contribution >= 4 is 5.91 Å². The minimum absolute atomic E-state index is 0.0538. The second-order valence-electron chi connectivity index (χ2n) is 4.47. The third kappa shape index (κ3) is 2.58. The molecular weight excluding hydrogens is 186 g/mol. The van der Waals surface area contributed by atoms with Gasteiger partial charge in [-0.15, -0.1) is 0 Å². The molecule has 1 aromatic carbocycles. The average Bonchev–Trinajstić information content (AvgIpc) is 3.00. The van der Waals surface area contributed by atoms with E-state index in [9.17, 15) is 4.79 Å². The molecule has 2 heteroatoms. The van der Waals surface area contributed by atoms with E-state index in [0.29, 0.717) is 12.0 Å². The molecular formula is C13H17NO. The van der Waals surface area contributed by atoms with E-state index in [0.717, 1.165) is 11.1 Å². The summed E-state index contributed by atoms with van der Waals surface area (Å²) in [6, 6.07) is 8.03. The normalized spacial score (nSPS) is 17.2. The number of amides is 1. The van der Waals surface area contributed by atoms with Gasteiger partial charge in [0.2, 0.25) is 0 Å². The van der Waals surface area contributed by atoms with Crippen molar-refractivity contribution in [2.45, 2.75) is 32.7 Å². The molecule has 15 heavy (non-hydrogen) atoms. The Hall–Kier alpha value is -1.31. The standard InChI is InChI=1S/C13H17NO/c1-9-4-3-5-12(8-9)13(15)14-10(2)11-6-7-11/h3-5,8,10-11H,6-7H2,1-2H3,(H,14,15). The smallest absolute Gasteiger partial charge is 0.251 e. The molecule has 0 radical (unpaired) electrons. The van der Waals surface area contributed by atoms with Gasteiger partial charge >= 0.3 is 0 Å². The first-order valence-corrected chi connectivity index (χ1v) is 5.54. The predicted octanol–water partition coefficient (Wildman–Crippen LogP) is 2.52. The molecule has 0 spiro atoms.